The number of carbonyl (C=O) groups excluding carboxylic acids is 2. The highest BCUT2D eigenvalue weighted by atomic mass is 32.2. The molecule has 98 valence electrons. The van der Waals surface area contributed by atoms with E-state index < -0.39 is 23.0 Å². The van der Waals surface area contributed by atoms with Gasteiger partial charge < -0.3 is 17.8 Å². The molecule has 2 rings (SSSR count). The lowest BCUT2D eigenvalue weighted by molar-refractivity contribution is -0.141. The molecule has 18 heavy (non-hydrogen) atoms. The fourth-order valence-corrected chi connectivity index (χ4v) is 2.50. The average molecular weight is 272 g/mol. The Bertz CT molecular complexity index is 446. The van der Waals surface area contributed by atoms with Gasteiger partial charge >= 0.3 is 11.9 Å². The van der Waals surface area contributed by atoms with Crippen LogP contribution in [0, 0.1) is 0 Å². The number of allylic oxidation sites excluding steroid dienone is 2. The normalized spacial score (nSPS) is 17.3. The Morgan fingerprint density at radius 3 is 1.83 bits per heavy atom. The number of ether oxygens (including phenoxy) is 2. The summed E-state index contributed by atoms with van der Waals surface area (Å²) < 4.78 is 20.1. The van der Waals surface area contributed by atoms with Crippen LogP contribution < -0.4 is 0 Å². The van der Waals surface area contributed by atoms with E-state index in [9.17, 15) is 9.59 Å². The quantitative estimate of drug-likeness (QED) is 0.566. The standard InChI is InChI=1S/C11H12O6S/c1-3-14-10(12)8-5-7-6-9(11(13)15-4-2)17-18(7)16-8/h5-6H,3-4H2,1-2H3. The summed E-state index contributed by atoms with van der Waals surface area (Å²) in [6.07, 6.45) is 3.01. The van der Waals surface area contributed by atoms with Gasteiger partial charge in [-0.3, -0.25) is 0 Å². The van der Waals surface area contributed by atoms with Crippen LogP contribution in [0.4, 0.5) is 0 Å². The van der Waals surface area contributed by atoms with E-state index in [1.807, 2.05) is 0 Å². The molecule has 0 atom stereocenters. The van der Waals surface area contributed by atoms with Gasteiger partial charge in [-0.1, -0.05) is 0 Å². The molecule has 0 fully saturated rings. The highest BCUT2D eigenvalue weighted by Gasteiger charge is 2.31. The molecule has 2 aliphatic heterocycles. The van der Waals surface area contributed by atoms with Crippen LogP contribution in [0.15, 0.2) is 23.7 Å². The molecule has 0 aliphatic carbocycles. The Morgan fingerprint density at radius 1 is 1.06 bits per heavy atom. The summed E-state index contributed by atoms with van der Waals surface area (Å²) in [5, 5.41) is 0. The SMILES string of the molecule is CCOC(=O)C1=CC2=S(O1)OC(C(=O)OCC)=C2. The largest absolute Gasteiger partial charge is 0.460 e. The van der Waals surface area contributed by atoms with Crippen molar-refractivity contribution in [3.8, 4) is 0 Å². The first-order valence-electron chi connectivity index (χ1n) is 5.41. The Kier molecular flexibility index (Phi) is 3.71. The lowest BCUT2D eigenvalue weighted by Crippen LogP contribution is -2.10. The van der Waals surface area contributed by atoms with Crippen molar-refractivity contribution in [2.45, 2.75) is 13.8 Å². The fourth-order valence-electron chi connectivity index (χ4n) is 1.31. The van der Waals surface area contributed by atoms with Crippen LogP contribution in [-0.4, -0.2) is 30.0 Å². The summed E-state index contributed by atoms with van der Waals surface area (Å²) in [6.45, 7) is 3.96. The van der Waals surface area contributed by atoms with Crippen molar-refractivity contribution < 1.29 is 27.4 Å². The molecule has 0 N–H and O–H groups in total. The molecule has 0 bridgehead atoms. The van der Waals surface area contributed by atoms with Crippen molar-refractivity contribution in [1.29, 1.82) is 0 Å². The van der Waals surface area contributed by atoms with E-state index in [2.05, 4.69) is 0 Å². The third kappa shape index (κ3) is 2.40. The van der Waals surface area contributed by atoms with Crippen LogP contribution in [-0.2, 0) is 27.4 Å². The third-order valence-corrected chi connectivity index (χ3v) is 3.31. The molecule has 2 aliphatic rings. The third-order valence-electron chi connectivity index (χ3n) is 2.02. The van der Waals surface area contributed by atoms with Crippen molar-refractivity contribution in [2.75, 3.05) is 13.2 Å². The molecule has 0 unspecified atom stereocenters. The molecule has 6 nitrogen and oxygen atoms in total. The maximum absolute atomic E-state index is 11.4. The van der Waals surface area contributed by atoms with E-state index in [-0.39, 0.29) is 24.7 Å². The summed E-state index contributed by atoms with van der Waals surface area (Å²) in [7, 11) is 0. The van der Waals surface area contributed by atoms with E-state index >= 15 is 0 Å². The summed E-state index contributed by atoms with van der Waals surface area (Å²) in [5.41, 5.74) is 0. The van der Waals surface area contributed by atoms with Gasteiger partial charge in [0.2, 0.25) is 11.5 Å². The first kappa shape index (κ1) is 12.7. The Hall–Kier alpha value is -1.76. The second-order valence-electron chi connectivity index (χ2n) is 3.26. The van der Waals surface area contributed by atoms with E-state index in [0.717, 1.165) is 0 Å². The van der Waals surface area contributed by atoms with Crippen LogP contribution in [0.2, 0.25) is 0 Å². The van der Waals surface area contributed by atoms with Crippen LogP contribution in [0.1, 0.15) is 13.8 Å². The minimum absolute atomic E-state index is 0.0920. The molecule has 0 aromatic carbocycles. The van der Waals surface area contributed by atoms with Crippen LogP contribution >= 0.6 is 11.0 Å². The first-order valence-corrected chi connectivity index (χ1v) is 6.48. The van der Waals surface area contributed by atoms with Gasteiger partial charge in [0.1, 0.15) is 0 Å². The number of esters is 2. The second-order valence-corrected chi connectivity index (χ2v) is 4.54. The molecular weight excluding hydrogens is 260 g/mol. The van der Waals surface area contributed by atoms with Gasteiger partial charge in [-0.2, -0.15) is 0 Å². The van der Waals surface area contributed by atoms with Gasteiger partial charge in [0.15, 0.2) is 11.0 Å². The zero-order valence-electron chi connectivity index (χ0n) is 9.93. The molecule has 0 spiro atoms. The zero-order valence-corrected chi connectivity index (χ0v) is 10.7. The number of carbonyl (C=O) groups is 2. The van der Waals surface area contributed by atoms with Crippen molar-refractivity contribution in [3.05, 3.63) is 23.7 Å². The minimum Gasteiger partial charge on any atom is -0.460 e. The van der Waals surface area contributed by atoms with E-state index in [0.29, 0.717) is 4.86 Å². The molecule has 0 radical (unpaired) electrons. The lowest BCUT2D eigenvalue weighted by Gasteiger charge is -2.08. The van der Waals surface area contributed by atoms with E-state index in [1.54, 1.807) is 13.8 Å². The predicted octanol–water partition coefficient (Wildman–Crippen LogP) is 1.21. The summed E-state index contributed by atoms with van der Waals surface area (Å²) in [5.74, 6) is -0.896. The maximum atomic E-state index is 11.4. The Morgan fingerprint density at radius 2 is 1.50 bits per heavy atom. The van der Waals surface area contributed by atoms with Gasteiger partial charge in [-0.05, 0) is 13.8 Å². The Labute approximate surface area is 106 Å². The highest BCUT2D eigenvalue weighted by molar-refractivity contribution is 8.08. The van der Waals surface area contributed by atoms with Gasteiger partial charge in [0.25, 0.3) is 0 Å². The fraction of sp³-hybridized carbons (Fsp3) is 0.364. The van der Waals surface area contributed by atoms with Gasteiger partial charge in [0.05, 0.1) is 18.1 Å². The number of hydrogen-bond acceptors (Lipinski definition) is 6. The van der Waals surface area contributed by atoms with Gasteiger partial charge in [0, 0.05) is 12.2 Å². The molecule has 0 aromatic heterocycles. The van der Waals surface area contributed by atoms with Gasteiger partial charge in [-0.15, -0.1) is 0 Å². The number of hydrogen-bond donors (Lipinski definition) is 0. The van der Waals surface area contributed by atoms with Crippen LogP contribution in [0.25, 0.3) is 0 Å². The predicted molar refractivity (Wildman–Crippen MR) is 64.2 cm³/mol. The first-order chi connectivity index (χ1) is 8.65. The highest BCUT2D eigenvalue weighted by Crippen LogP contribution is 2.38. The molecule has 7 heteroatoms. The summed E-state index contributed by atoms with van der Waals surface area (Å²) >= 11 is -1.05. The monoisotopic (exact) mass is 272 g/mol. The van der Waals surface area contributed by atoms with Gasteiger partial charge in [-0.25, -0.2) is 9.59 Å². The average Bonchev–Trinajstić information content (AvgIpc) is 2.86. The van der Waals surface area contributed by atoms with Crippen molar-refractivity contribution in [1.82, 2.24) is 0 Å². The maximum Gasteiger partial charge on any atom is 0.375 e. The lowest BCUT2D eigenvalue weighted by atomic mass is 10.3. The molecule has 2 heterocycles. The molecule has 0 saturated carbocycles. The molecular formula is C11H12O6S. The zero-order chi connectivity index (χ0) is 13.1. The molecule has 0 amide bonds. The number of rotatable bonds is 4. The van der Waals surface area contributed by atoms with Crippen molar-refractivity contribution >= 4 is 27.8 Å². The smallest absolute Gasteiger partial charge is 0.375 e. The summed E-state index contributed by atoms with van der Waals surface area (Å²) in [4.78, 5) is 23.4. The minimum atomic E-state index is -1.05. The van der Waals surface area contributed by atoms with Crippen molar-refractivity contribution in [3.63, 3.8) is 0 Å². The van der Waals surface area contributed by atoms with E-state index in [4.69, 9.17) is 17.8 Å². The van der Waals surface area contributed by atoms with Crippen LogP contribution in [0.3, 0.4) is 0 Å². The second kappa shape index (κ2) is 5.26. The topological polar surface area (TPSA) is 71.1 Å². The molecule has 0 aromatic rings. The van der Waals surface area contributed by atoms with Crippen molar-refractivity contribution in [2.24, 2.45) is 0 Å². The molecule has 0 saturated heterocycles. The Balaban J connectivity index is 2.04. The van der Waals surface area contributed by atoms with E-state index in [1.165, 1.54) is 12.2 Å². The summed E-state index contributed by atoms with van der Waals surface area (Å²) in [6, 6.07) is 0. The van der Waals surface area contributed by atoms with Crippen LogP contribution in [0.5, 0.6) is 0 Å².